The molecule has 1 unspecified atom stereocenters. The number of hydrogen-bond acceptors (Lipinski definition) is 5. The minimum Gasteiger partial charge on any atom is -0.492 e. The molecule has 6 nitrogen and oxygen atoms in total. The van der Waals surface area contributed by atoms with Gasteiger partial charge in [-0.25, -0.2) is 0 Å². The van der Waals surface area contributed by atoms with Crippen molar-refractivity contribution in [2.45, 2.75) is 38.4 Å². The Hall–Kier alpha value is -2.93. The van der Waals surface area contributed by atoms with Gasteiger partial charge in [0.25, 0.3) is 0 Å². The van der Waals surface area contributed by atoms with Crippen molar-refractivity contribution >= 4 is 16.7 Å². The van der Waals surface area contributed by atoms with E-state index in [1.807, 2.05) is 6.07 Å². The van der Waals surface area contributed by atoms with Crippen LogP contribution in [-0.2, 0) is 17.9 Å². The number of fused-ring (bicyclic) bond motifs is 1. The SMILES string of the molecule is CN(Cc1cccc(OCCN2CCN(C(=O)C3CCCCN3C)CC2)c1)Cc1cccc2ccccc12. The number of carbonyl (C=O) groups excluding carboxylic acids is 1. The van der Waals surface area contributed by atoms with E-state index in [1.54, 1.807) is 0 Å². The quantitative estimate of drug-likeness (QED) is 0.421. The maximum Gasteiger partial charge on any atom is 0.240 e. The number of carbonyl (C=O) groups is 1. The van der Waals surface area contributed by atoms with Crippen LogP contribution >= 0.6 is 0 Å². The zero-order valence-corrected chi connectivity index (χ0v) is 23.0. The van der Waals surface area contributed by atoms with Gasteiger partial charge >= 0.3 is 0 Å². The van der Waals surface area contributed by atoms with E-state index >= 15 is 0 Å². The molecule has 0 aliphatic carbocycles. The van der Waals surface area contributed by atoms with Crippen LogP contribution in [0, 0.1) is 0 Å². The van der Waals surface area contributed by atoms with Crippen LogP contribution < -0.4 is 4.74 Å². The number of likely N-dealkylation sites (tertiary alicyclic amines) is 1. The number of benzene rings is 3. The first-order valence-electron chi connectivity index (χ1n) is 14.1. The monoisotopic (exact) mass is 514 g/mol. The van der Waals surface area contributed by atoms with Gasteiger partial charge in [0, 0.05) is 45.8 Å². The number of ether oxygens (including phenoxy) is 1. The lowest BCUT2D eigenvalue weighted by Crippen LogP contribution is -2.55. The van der Waals surface area contributed by atoms with Crippen molar-refractivity contribution in [3.8, 4) is 5.75 Å². The Kier molecular flexibility index (Phi) is 8.94. The molecule has 5 rings (SSSR count). The molecule has 0 saturated carbocycles. The molecule has 2 aliphatic heterocycles. The van der Waals surface area contributed by atoms with Crippen LogP contribution in [0.4, 0.5) is 0 Å². The number of piperazine rings is 1. The highest BCUT2D eigenvalue weighted by atomic mass is 16.5. The molecule has 3 aromatic carbocycles. The van der Waals surface area contributed by atoms with E-state index in [4.69, 9.17) is 4.74 Å². The van der Waals surface area contributed by atoms with Crippen molar-refractivity contribution in [3.63, 3.8) is 0 Å². The Bertz CT molecular complexity index is 1200. The molecule has 6 heteroatoms. The van der Waals surface area contributed by atoms with Crippen LogP contribution in [0.15, 0.2) is 66.7 Å². The summed E-state index contributed by atoms with van der Waals surface area (Å²) in [6, 6.07) is 23.7. The van der Waals surface area contributed by atoms with Gasteiger partial charge in [0.15, 0.2) is 0 Å². The molecule has 0 bridgehead atoms. The molecule has 0 radical (unpaired) electrons. The Balaban J connectivity index is 1.06. The van der Waals surface area contributed by atoms with Gasteiger partial charge in [-0.2, -0.15) is 0 Å². The average Bonchev–Trinajstić information content (AvgIpc) is 2.94. The first-order chi connectivity index (χ1) is 18.6. The molecule has 3 aromatic rings. The molecule has 2 saturated heterocycles. The third-order valence-electron chi connectivity index (χ3n) is 8.09. The zero-order chi connectivity index (χ0) is 26.3. The minimum atomic E-state index is 0.0805. The molecular formula is C32H42N4O2. The predicted molar refractivity (Wildman–Crippen MR) is 154 cm³/mol. The van der Waals surface area contributed by atoms with E-state index < -0.39 is 0 Å². The molecule has 1 atom stereocenters. The third-order valence-corrected chi connectivity index (χ3v) is 8.09. The number of likely N-dealkylation sites (N-methyl/N-ethyl adjacent to an activating group) is 1. The number of hydrogen-bond donors (Lipinski definition) is 0. The molecular weight excluding hydrogens is 472 g/mol. The minimum absolute atomic E-state index is 0.0805. The van der Waals surface area contributed by atoms with Gasteiger partial charge in [-0.3, -0.25) is 19.5 Å². The van der Waals surface area contributed by atoms with Crippen molar-refractivity contribution in [1.29, 1.82) is 0 Å². The molecule has 2 heterocycles. The summed E-state index contributed by atoms with van der Waals surface area (Å²) in [5.74, 6) is 1.25. The van der Waals surface area contributed by atoms with Crippen molar-refractivity contribution in [2.75, 3.05) is 60.0 Å². The highest BCUT2D eigenvalue weighted by Crippen LogP contribution is 2.22. The normalized spacial score (nSPS) is 19.2. The van der Waals surface area contributed by atoms with Crippen LogP contribution in [0.5, 0.6) is 5.75 Å². The summed E-state index contributed by atoms with van der Waals surface area (Å²) in [7, 11) is 4.26. The van der Waals surface area contributed by atoms with Gasteiger partial charge in [0.2, 0.25) is 5.91 Å². The van der Waals surface area contributed by atoms with Crippen LogP contribution in [-0.4, -0.2) is 91.5 Å². The number of rotatable bonds is 9. The van der Waals surface area contributed by atoms with Gasteiger partial charge in [-0.1, -0.05) is 61.0 Å². The number of amides is 1. The summed E-state index contributed by atoms with van der Waals surface area (Å²) in [5, 5.41) is 2.61. The summed E-state index contributed by atoms with van der Waals surface area (Å²) < 4.78 is 6.14. The maximum atomic E-state index is 13.0. The predicted octanol–water partition coefficient (Wildman–Crippen LogP) is 4.48. The number of nitrogens with zero attached hydrogens (tertiary/aromatic N) is 4. The summed E-state index contributed by atoms with van der Waals surface area (Å²) >= 11 is 0. The van der Waals surface area contributed by atoms with Crippen LogP contribution in [0.25, 0.3) is 10.8 Å². The van der Waals surface area contributed by atoms with Gasteiger partial charge in [-0.05, 0) is 67.5 Å². The van der Waals surface area contributed by atoms with Gasteiger partial charge < -0.3 is 9.64 Å². The standard InChI is InChI=1S/C32H42N4O2/c1-33(25-28-12-8-11-27-10-3-4-14-30(27)28)24-26-9-7-13-29(23-26)38-22-21-35-17-19-36(20-18-35)32(37)31-15-5-6-16-34(31)2/h3-4,7-14,23,31H,5-6,15-22,24-25H2,1-2H3. The van der Waals surface area contributed by atoms with Gasteiger partial charge in [-0.15, -0.1) is 0 Å². The molecule has 0 spiro atoms. The molecule has 0 N–H and O–H groups in total. The molecule has 2 aliphatic rings. The first-order valence-corrected chi connectivity index (χ1v) is 14.1. The second-order valence-corrected chi connectivity index (χ2v) is 11.0. The van der Waals surface area contributed by atoms with E-state index in [2.05, 4.69) is 94.4 Å². The van der Waals surface area contributed by atoms with E-state index in [-0.39, 0.29) is 6.04 Å². The van der Waals surface area contributed by atoms with E-state index in [9.17, 15) is 4.79 Å². The molecule has 0 aromatic heterocycles. The topological polar surface area (TPSA) is 39.3 Å². The maximum absolute atomic E-state index is 13.0. The van der Waals surface area contributed by atoms with Crippen molar-refractivity contribution < 1.29 is 9.53 Å². The average molecular weight is 515 g/mol. The van der Waals surface area contributed by atoms with Crippen LogP contribution in [0.1, 0.15) is 30.4 Å². The summed E-state index contributed by atoms with van der Waals surface area (Å²) in [6.45, 7) is 7.84. The zero-order valence-electron chi connectivity index (χ0n) is 23.0. The van der Waals surface area contributed by atoms with Crippen molar-refractivity contribution in [2.24, 2.45) is 0 Å². The van der Waals surface area contributed by atoms with Gasteiger partial charge in [0.05, 0.1) is 6.04 Å². The van der Waals surface area contributed by atoms with Crippen LogP contribution in [0.2, 0.25) is 0 Å². The van der Waals surface area contributed by atoms with Crippen LogP contribution in [0.3, 0.4) is 0 Å². The molecule has 202 valence electrons. The Morgan fingerprint density at radius 1 is 0.921 bits per heavy atom. The number of piperidine rings is 1. The molecule has 2 fully saturated rings. The largest absolute Gasteiger partial charge is 0.492 e. The summed E-state index contributed by atoms with van der Waals surface area (Å²) in [6.07, 6.45) is 3.37. The molecule has 1 amide bonds. The Labute approximate surface area is 227 Å². The summed E-state index contributed by atoms with van der Waals surface area (Å²) in [4.78, 5) is 22.1. The van der Waals surface area contributed by atoms with Gasteiger partial charge in [0.1, 0.15) is 12.4 Å². The Morgan fingerprint density at radius 2 is 1.71 bits per heavy atom. The van der Waals surface area contributed by atoms with E-state index in [1.165, 1.54) is 34.7 Å². The molecule has 38 heavy (non-hydrogen) atoms. The summed E-state index contributed by atoms with van der Waals surface area (Å²) in [5.41, 5.74) is 2.61. The van der Waals surface area contributed by atoms with E-state index in [0.717, 1.165) is 64.5 Å². The third kappa shape index (κ3) is 6.73. The fraction of sp³-hybridized carbons (Fsp3) is 0.469. The van der Waals surface area contributed by atoms with Crippen molar-refractivity contribution in [1.82, 2.24) is 19.6 Å². The lowest BCUT2D eigenvalue weighted by molar-refractivity contribution is -0.139. The highest BCUT2D eigenvalue weighted by molar-refractivity contribution is 5.85. The Morgan fingerprint density at radius 3 is 2.55 bits per heavy atom. The van der Waals surface area contributed by atoms with Crippen molar-refractivity contribution in [3.05, 3.63) is 77.9 Å². The lowest BCUT2D eigenvalue weighted by Gasteiger charge is -2.39. The fourth-order valence-corrected chi connectivity index (χ4v) is 5.90. The second-order valence-electron chi connectivity index (χ2n) is 11.0. The smallest absolute Gasteiger partial charge is 0.240 e. The highest BCUT2D eigenvalue weighted by Gasteiger charge is 2.31. The van der Waals surface area contributed by atoms with E-state index in [0.29, 0.717) is 12.5 Å². The fourth-order valence-electron chi connectivity index (χ4n) is 5.90. The second kappa shape index (κ2) is 12.7. The lowest BCUT2D eigenvalue weighted by atomic mass is 10.0. The first kappa shape index (κ1) is 26.7.